The Labute approximate surface area is 121 Å². The zero-order valence-corrected chi connectivity index (χ0v) is 12.0. The minimum atomic E-state index is 0.250. The van der Waals surface area contributed by atoms with Crippen LogP contribution in [0.25, 0.3) is 21.9 Å². The average molecular weight is 291 g/mol. The number of para-hydroxylation sites is 1. The molecule has 112 valence electrons. The van der Waals surface area contributed by atoms with E-state index in [1.807, 2.05) is 43.6 Å². The molecule has 0 saturated carbocycles. The number of nitrogens with one attached hydrogen (secondary N) is 2. The summed E-state index contributed by atoms with van der Waals surface area (Å²) < 4.78 is 1.34. The number of nitrogens with zero attached hydrogens (tertiary/aromatic N) is 3. The molecule has 0 aliphatic rings. The van der Waals surface area contributed by atoms with Crippen LogP contribution in [0.2, 0.25) is 0 Å². The maximum Gasteiger partial charge on any atom is 0.178 e. The number of hydroxylamine groups is 1. The highest BCUT2D eigenvalue weighted by Crippen LogP contribution is 2.27. The Morgan fingerprint density at radius 2 is 2.00 bits per heavy atom. The number of hydrogen-bond acceptors (Lipinski definition) is 7. The van der Waals surface area contributed by atoms with Crippen molar-refractivity contribution in [2.24, 2.45) is 0 Å². The number of fused-ring (bicyclic) bond motifs is 3. The van der Waals surface area contributed by atoms with E-state index in [1.165, 1.54) is 11.1 Å². The summed E-state index contributed by atoms with van der Waals surface area (Å²) in [4.78, 5) is 18.1. The highest BCUT2D eigenvalue weighted by molar-refractivity contribution is 6.06. The fraction of sp³-hybridized carbons (Fsp3) is 0.231. The standard InChI is InChI=1S/C11H11N5O3.C2H6/c1-12-18-19-16-6-13-9-10(16)7-4-2-3-5-8(7)14-11(9)15-17;1-2/h2-6,12,17H,1H3,(H,14,15);1-2H3. The molecule has 3 N–H and O–H groups in total. The Kier molecular flexibility index (Phi) is 4.88. The molecule has 0 fully saturated rings. The van der Waals surface area contributed by atoms with Gasteiger partial charge in [0.15, 0.2) is 5.82 Å². The number of aromatic nitrogens is 3. The van der Waals surface area contributed by atoms with Crippen molar-refractivity contribution >= 4 is 27.8 Å². The summed E-state index contributed by atoms with van der Waals surface area (Å²) in [5, 5.41) is 9.96. The molecule has 0 atom stereocenters. The van der Waals surface area contributed by atoms with Crippen molar-refractivity contribution in [2.75, 3.05) is 12.5 Å². The molecule has 0 aliphatic carbocycles. The first kappa shape index (κ1) is 15.0. The van der Waals surface area contributed by atoms with Gasteiger partial charge in [0.2, 0.25) is 0 Å². The molecule has 8 heteroatoms. The lowest BCUT2D eigenvalue weighted by Gasteiger charge is -2.07. The van der Waals surface area contributed by atoms with Crippen molar-refractivity contribution in [3.63, 3.8) is 0 Å². The maximum atomic E-state index is 9.13. The van der Waals surface area contributed by atoms with Gasteiger partial charge in [0.1, 0.15) is 17.4 Å². The van der Waals surface area contributed by atoms with Crippen LogP contribution in [-0.4, -0.2) is 27.0 Å². The van der Waals surface area contributed by atoms with E-state index in [0.717, 1.165) is 5.39 Å². The molecule has 1 aromatic carbocycles. The highest BCUT2D eigenvalue weighted by Gasteiger charge is 2.14. The molecular formula is C13H17N5O3. The molecule has 2 aromatic heterocycles. The van der Waals surface area contributed by atoms with Gasteiger partial charge in [-0.1, -0.05) is 37.0 Å². The molecule has 0 amide bonds. The first-order valence-electron chi connectivity index (χ1n) is 6.52. The van der Waals surface area contributed by atoms with Crippen molar-refractivity contribution in [3.8, 4) is 0 Å². The smallest absolute Gasteiger partial charge is 0.178 e. The van der Waals surface area contributed by atoms with Gasteiger partial charge < -0.3 is 0 Å². The van der Waals surface area contributed by atoms with E-state index in [2.05, 4.69) is 20.4 Å². The molecule has 21 heavy (non-hydrogen) atoms. The molecular weight excluding hydrogens is 274 g/mol. The highest BCUT2D eigenvalue weighted by atomic mass is 17.3. The van der Waals surface area contributed by atoms with Crippen LogP contribution in [-0.2, 0) is 4.99 Å². The normalized spacial score (nSPS) is 10.3. The maximum absolute atomic E-state index is 9.13. The lowest BCUT2D eigenvalue weighted by atomic mass is 10.2. The molecule has 0 unspecified atom stereocenters. The second-order valence-electron chi connectivity index (χ2n) is 3.72. The first-order valence-corrected chi connectivity index (χ1v) is 6.52. The van der Waals surface area contributed by atoms with E-state index >= 15 is 0 Å². The zero-order chi connectivity index (χ0) is 15.2. The Morgan fingerprint density at radius 3 is 2.71 bits per heavy atom. The molecule has 3 rings (SSSR count). The van der Waals surface area contributed by atoms with Gasteiger partial charge in [-0.3, -0.25) is 10.7 Å². The van der Waals surface area contributed by atoms with Crippen LogP contribution in [0.4, 0.5) is 5.82 Å². The molecule has 0 spiro atoms. The molecule has 2 heterocycles. The Bertz CT molecular complexity index is 728. The van der Waals surface area contributed by atoms with E-state index in [9.17, 15) is 0 Å². The third kappa shape index (κ3) is 2.72. The van der Waals surface area contributed by atoms with E-state index in [-0.39, 0.29) is 5.82 Å². The van der Waals surface area contributed by atoms with E-state index < -0.39 is 0 Å². The number of pyridine rings is 1. The number of benzene rings is 1. The fourth-order valence-corrected chi connectivity index (χ4v) is 1.91. The van der Waals surface area contributed by atoms with Crippen LogP contribution in [0.15, 0.2) is 30.6 Å². The molecule has 0 saturated heterocycles. The average Bonchev–Trinajstić information content (AvgIpc) is 2.98. The summed E-state index contributed by atoms with van der Waals surface area (Å²) >= 11 is 0. The van der Waals surface area contributed by atoms with Gasteiger partial charge in [0.25, 0.3) is 0 Å². The van der Waals surface area contributed by atoms with E-state index in [4.69, 9.17) is 10.2 Å². The Morgan fingerprint density at radius 1 is 1.24 bits per heavy atom. The van der Waals surface area contributed by atoms with Crippen molar-refractivity contribution in [1.82, 2.24) is 20.2 Å². The van der Waals surface area contributed by atoms with Gasteiger partial charge in [-0.15, -0.1) is 4.73 Å². The fourth-order valence-electron chi connectivity index (χ4n) is 1.91. The molecule has 8 nitrogen and oxygen atoms in total. The minimum absolute atomic E-state index is 0.250. The van der Waals surface area contributed by atoms with Gasteiger partial charge in [-0.2, -0.15) is 5.48 Å². The van der Waals surface area contributed by atoms with Gasteiger partial charge >= 0.3 is 0 Å². The monoisotopic (exact) mass is 291 g/mol. The summed E-state index contributed by atoms with van der Waals surface area (Å²) in [6.45, 7) is 4.00. The van der Waals surface area contributed by atoms with E-state index in [0.29, 0.717) is 16.6 Å². The van der Waals surface area contributed by atoms with Crippen LogP contribution in [0.3, 0.4) is 0 Å². The zero-order valence-electron chi connectivity index (χ0n) is 12.0. The first-order chi connectivity index (χ1) is 10.3. The third-order valence-corrected chi connectivity index (χ3v) is 2.66. The lowest BCUT2D eigenvalue weighted by molar-refractivity contribution is -0.326. The summed E-state index contributed by atoms with van der Waals surface area (Å²) in [7, 11) is 1.57. The number of imidazole rings is 1. The predicted molar refractivity (Wildman–Crippen MR) is 78.5 cm³/mol. The van der Waals surface area contributed by atoms with Crippen LogP contribution in [0, 0.1) is 0 Å². The summed E-state index contributed by atoms with van der Waals surface area (Å²) in [6, 6.07) is 7.44. The van der Waals surface area contributed by atoms with E-state index in [1.54, 1.807) is 7.05 Å². The Balaban J connectivity index is 0.000000774. The second kappa shape index (κ2) is 6.84. The summed E-state index contributed by atoms with van der Waals surface area (Å²) in [6.07, 6.45) is 1.43. The Hall–Kier alpha value is -2.42. The molecule has 0 aliphatic heterocycles. The van der Waals surface area contributed by atoms with Crippen molar-refractivity contribution in [2.45, 2.75) is 13.8 Å². The second-order valence-corrected chi connectivity index (χ2v) is 3.72. The van der Waals surface area contributed by atoms with Gasteiger partial charge in [0, 0.05) is 12.4 Å². The number of anilines is 1. The molecule has 0 bridgehead atoms. The predicted octanol–water partition coefficient (Wildman–Crippen LogP) is 1.91. The van der Waals surface area contributed by atoms with Gasteiger partial charge in [-0.05, 0) is 6.07 Å². The molecule has 0 radical (unpaired) electrons. The van der Waals surface area contributed by atoms with Crippen molar-refractivity contribution < 1.29 is 15.2 Å². The van der Waals surface area contributed by atoms with Crippen molar-refractivity contribution in [1.29, 1.82) is 0 Å². The quantitative estimate of drug-likeness (QED) is 0.499. The van der Waals surface area contributed by atoms with Gasteiger partial charge in [-0.25, -0.2) is 15.0 Å². The van der Waals surface area contributed by atoms with Crippen LogP contribution >= 0.6 is 0 Å². The number of rotatable bonds is 4. The SMILES string of the molecule is CC.CNOOn1cnc2c(NO)nc3ccccc3c21. The topological polar surface area (TPSA) is 93.5 Å². The number of hydrogen-bond donors (Lipinski definition) is 3. The minimum Gasteiger partial charge on any atom is -0.290 e. The summed E-state index contributed by atoms with van der Waals surface area (Å²) in [5.74, 6) is 0.250. The van der Waals surface area contributed by atoms with Crippen molar-refractivity contribution in [3.05, 3.63) is 30.6 Å². The van der Waals surface area contributed by atoms with Gasteiger partial charge in [0.05, 0.1) is 5.52 Å². The third-order valence-electron chi connectivity index (χ3n) is 2.66. The largest absolute Gasteiger partial charge is 0.290 e. The summed E-state index contributed by atoms with van der Waals surface area (Å²) in [5.41, 5.74) is 6.23. The van der Waals surface area contributed by atoms with Crippen LogP contribution in [0.1, 0.15) is 13.8 Å². The lowest BCUT2D eigenvalue weighted by Crippen LogP contribution is -2.19. The van der Waals surface area contributed by atoms with Crippen LogP contribution < -0.4 is 15.9 Å². The van der Waals surface area contributed by atoms with Crippen LogP contribution in [0.5, 0.6) is 0 Å². The molecule has 3 aromatic rings.